The molecule has 1 aliphatic heterocycles. The number of nitrogens with zero attached hydrogens (tertiary/aromatic N) is 2. The van der Waals surface area contributed by atoms with E-state index in [-0.39, 0.29) is 13.0 Å². The zero-order valence-electron chi connectivity index (χ0n) is 17.2. The minimum atomic E-state index is -0.966. The van der Waals surface area contributed by atoms with Gasteiger partial charge in [0.05, 0.1) is 25.8 Å². The summed E-state index contributed by atoms with van der Waals surface area (Å²) in [5.74, 6) is -0.700. The molecule has 4 amide bonds. The molecule has 1 saturated heterocycles. The maximum Gasteiger partial charge on any atom is 0.322 e. The molecule has 0 bridgehead atoms. The molecule has 0 radical (unpaired) electrons. The van der Waals surface area contributed by atoms with Crippen LogP contribution in [0.5, 0.6) is 5.75 Å². The van der Waals surface area contributed by atoms with Gasteiger partial charge in [-0.05, 0) is 60.0 Å². The standard InChI is InChI=1S/C23H20FN3O4S/c1-31-18-10-8-17(9-11-18)27-21(28)13-20(22(27)29)26(14-19-3-2-12-32-19)23(30)25-16-6-4-15(24)5-7-16/h2-12,20H,13-14H2,1H3,(H,25,30)/t20-/m1/s1. The Balaban J connectivity index is 1.59. The molecule has 3 aromatic rings. The molecular formula is C23H20FN3O4S. The Hall–Kier alpha value is -3.72. The fourth-order valence-corrected chi connectivity index (χ4v) is 4.19. The van der Waals surface area contributed by atoms with Gasteiger partial charge in [0.25, 0.3) is 5.91 Å². The van der Waals surface area contributed by atoms with Crippen LogP contribution in [-0.2, 0) is 16.1 Å². The van der Waals surface area contributed by atoms with E-state index in [1.165, 1.54) is 47.6 Å². The van der Waals surface area contributed by atoms with Gasteiger partial charge in [0.2, 0.25) is 5.91 Å². The largest absolute Gasteiger partial charge is 0.497 e. The summed E-state index contributed by atoms with van der Waals surface area (Å²) in [6.07, 6.45) is -0.132. The van der Waals surface area contributed by atoms with E-state index in [1.807, 2.05) is 17.5 Å². The molecule has 1 aliphatic rings. The fourth-order valence-electron chi connectivity index (χ4n) is 3.48. The van der Waals surface area contributed by atoms with Gasteiger partial charge in [-0.15, -0.1) is 11.3 Å². The Bertz CT molecular complexity index is 1120. The lowest BCUT2D eigenvalue weighted by atomic mass is 10.2. The molecule has 0 aliphatic carbocycles. The molecule has 1 fully saturated rings. The van der Waals surface area contributed by atoms with Crippen molar-refractivity contribution in [3.8, 4) is 5.75 Å². The molecule has 0 unspecified atom stereocenters. The third-order valence-electron chi connectivity index (χ3n) is 5.09. The van der Waals surface area contributed by atoms with E-state index in [2.05, 4.69) is 5.32 Å². The van der Waals surface area contributed by atoms with Crippen LogP contribution >= 0.6 is 11.3 Å². The van der Waals surface area contributed by atoms with E-state index < -0.39 is 29.7 Å². The first-order valence-corrected chi connectivity index (χ1v) is 10.7. The lowest BCUT2D eigenvalue weighted by molar-refractivity contribution is -0.122. The van der Waals surface area contributed by atoms with E-state index in [9.17, 15) is 18.8 Å². The number of nitrogens with one attached hydrogen (secondary N) is 1. The van der Waals surface area contributed by atoms with E-state index in [4.69, 9.17) is 4.74 Å². The molecule has 1 aromatic heterocycles. The van der Waals surface area contributed by atoms with Crippen LogP contribution in [-0.4, -0.2) is 35.9 Å². The van der Waals surface area contributed by atoms with Gasteiger partial charge in [-0.2, -0.15) is 0 Å². The zero-order chi connectivity index (χ0) is 22.7. The van der Waals surface area contributed by atoms with Gasteiger partial charge in [0.1, 0.15) is 17.6 Å². The maximum atomic E-state index is 13.2. The number of hydrogen-bond acceptors (Lipinski definition) is 5. The molecule has 0 saturated carbocycles. The minimum Gasteiger partial charge on any atom is -0.497 e. The second kappa shape index (κ2) is 9.19. The number of rotatable bonds is 6. The Labute approximate surface area is 188 Å². The van der Waals surface area contributed by atoms with Crippen molar-refractivity contribution in [2.45, 2.75) is 19.0 Å². The Kier molecular flexibility index (Phi) is 6.18. The minimum absolute atomic E-state index is 0.132. The van der Waals surface area contributed by atoms with E-state index in [0.29, 0.717) is 17.1 Å². The molecule has 1 atom stereocenters. The highest BCUT2D eigenvalue weighted by Crippen LogP contribution is 2.29. The van der Waals surface area contributed by atoms with E-state index in [0.717, 1.165) is 9.78 Å². The Morgan fingerprint density at radius 2 is 1.88 bits per heavy atom. The second-order valence-electron chi connectivity index (χ2n) is 7.13. The lowest BCUT2D eigenvalue weighted by Gasteiger charge is -2.27. The molecule has 2 heterocycles. The van der Waals surface area contributed by atoms with Gasteiger partial charge in [-0.25, -0.2) is 14.1 Å². The maximum absolute atomic E-state index is 13.2. The molecule has 32 heavy (non-hydrogen) atoms. The highest BCUT2D eigenvalue weighted by atomic mass is 32.1. The smallest absolute Gasteiger partial charge is 0.322 e. The number of amides is 4. The monoisotopic (exact) mass is 453 g/mol. The van der Waals surface area contributed by atoms with Gasteiger partial charge in [0, 0.05) is 10.6 Å². The summed E-state index contributed by atoms with van der Waals surface area (Å²) < 4.78 is 18.3. The normalized spacial score (nSPS) is 15.7. The number of benzene rings is 2. The van der Waals surface area contributed by atoms with E-state index >= 15 is 0 Å². The first-order valence-electron chi connectivity index (χ1n) is 9.82. The summed E-state index contributed by atoms with van der Waals surface area (Å²) >= 11 is 1.44. The highest BCUT2D eigenvalue weighted by molar-refractivity contribution is 7.09. The predicted octanol–water partition coefficient (Wildman–Crippen LogP) is 4.26. The van der Waals surface area contributed by atoms with Crippen LogP contribution in [0.1, 0.15) is 11.3 Å². The number of anilines is 2. The third kappa shape index (κ3) is 4.47. The average Bonchev–Trinajstić information content (AvgIpc) is 3.41. The average molecular weight is 453 g/mol. The molecule has 0 spiro atoms. The number of urea groups is 1. The summed E-state index contributed by atoms with van der Waals surface area (Å²) in [6, 6.07) is 14.1. The van der Waals surface area contributed by atoms with Crippen LogP contribution in [0.3, 0.4) is 0 Å². The van der Waals surface area contributed by atoms with Crippen LogP contribution in [0.4, 0.5) is 20.6 Å². The van der Waals surface area contributed by atoms with Crippen molar-refractivity contribution >= 4 is 40.6 Å². The first-order chi connectivity index (χ1) is 15.5. The SMILES string of the molecule is COc1ccc(N2C(=O)C[C@@H](N(Cc3cccs3)C(=O)Nc3ccc(F)cc3)C2=O)cc1. The second-order valence-corrected chi connectivity index (χ2v) is 8.16. The number of imide groups is 1. The predicted molar refractivity (Wildman–Crippen MR) is 119 cm³/mol. The first kappa shape index (κ1) is 21.5. The van der Waals surface area contributed by atoms with Gasteiger partial charge in [0.15, 0.2) is 0 Å². The van der Waals surface area contributed by atoms with Crippen molar-refractivity contribution < 1.29 is 23.5 Å². The quantitative estimate of drug-likeness (QED) is 0.566. The van der Waals surface area contributed by atoms with Crippen molar-refractivity contribution in [1.29, 1.82) is 0 Å². The molecule has 7 nitrogen and oxygen atoms in total. The molecule has 164 valence electrons. The summed E-state index contributed by atoms with van der Waals surface area (Å²) in [5.41, 5.74) is 0.801. The fraction of sp³-hybridized carbons (Fsp3) is 0.174. The number of methoxy groups -OCH3 is 1. The summed E-state index contributed by atoms with van der Waals surface area (Å²) in [7, 11) is 1.53. The van der Waals surface area contributed by atoms with Crippen molar-refractivity contribution in [2.24, 2.45) is 0 Å². The molecule has 9 heteroatoms. The van der Waals surface area contributed by atoms with Gasteiger partial charge < -0.3 is 15.0 Å². The summed E-state index contributed by atoms with van der Waals surface area (Å²) in [5, 5.41) is 4.56. The van der Waals surface area contributed by atoms with Crippen molar-refractivity contribution in [2.75, 3.05) is 17.3 Å². The molecule has 2 aromatic carbocycles. The highest BCUT2D eigenvalue weighted by Gasteiger charge is 2.44. The summed E-state index contributed by atoms with van der Waals surface area (Å²) in [6.45, 7) is 0.158. The van der Waals surface area contributed by atoms with E-state index in [1.54, 1.807) is 24.3 Å². The summed E-state index contributed by atoms with van der Waals surface area (Å²) in [4.78, 5) is 42.4. The lowest BCUT2D eigenvalue weighted by Crippen LogP contribution is -2.46. The Morgan fingerprint density at radius 3 is 2.50 bits per heavy atom. The Morgan fingerprint density at radius 1 is 1.16 bits per heavy atom. The number of hydrogen-bond donors (Lipinski definition) is 1. The number of thiophene rings is 1. The zero-order valence-corrected chi connectivity index (χ0v) is 18.0. The van der Waals surface area contributed by atoms with Crippen LogP contribution < -0.4 is 15.0 Å². The van der Waals surface area contributed by atoms with Crippen LogP contribution in [0.2, 0.25) is 0 Å². The van der Waals surface area contributed by atoms with Crippen molar-refractivity contribution in [3.63, 3.8) is 0 Å². The number of carbonyl (C=O) groups is 3. The molecular weight excluding hydrogens is 433 g/mol. The molecule has 4 rings (SSSR count). The van der Waals surface area contributed by atoms with Gasteiger partial charge >= 0.3 is 6.03 Å². The number of halogens is 1. The van der Waals surface area contributed by atoms with Crippen LogP contribution in [0, 0.1) is 5.82 Å². The van der Waals surface area contributed by atoms with Gasteiger partial charge in [-0.1, -0.05) is 6.07 Å². The number of carbonyl (C=O) groups excluding carboxylic acids is 3. The van der Waals surface area contributed by atoms with Crippen LogP contribution in [0.25, 0.3) is 0 Å². The number of ether oxygens (including phenoxy) is 1. The van der Waals surface area contributed by atoms with Gasteiger partial charge in [-0.3, -0.25) is 9.59 Å². The van der Waals surface area contributed by atoms with Crippen molar-refractivity contribution in [1.82, 2.24) is 4.90 Å². The molecule has 1 N–H and O–H groups in total. The topological polar surface area (TPSA) is 79.0 Å². The third-order valence-corrected chi connectivity index (χ3v) is 5.95. The van der Waals surface area contributed by atoms with Crippen LogP contribution in [0.15, 0.2) is 66.0 Å². The van der Waals surface area contributed by atoms with Crippen molar-refractivity contribution in [3.05, 3.63) is 76.7 Å².